The zero-order valence-corrected chi connectivity index (χ0v) is 23.2. The Kier molecular flexibility index (Phi) is 9.48. The van der Waals surface area contributed by atoms with Crippen LogP contribution in [0.5, 0.6) is 0 Å². The number of ketones is 1. The Hall–Kier alpha value is -1.94. The van der Waals surface area contributed by atoms with E-state index in [0.29, 0.717) is 18.5 Å². The number of aryl methyl sites for hydroxylation is 1. The monoisotopic (exact) mass is 537 g/mol. The van der Waals surface area contributed by atoms with Gasteiger partial charge in [-0.25, -0.2) is 9.37 Å². The topological polar surface area (TPSA) is 109 Å². The van der Waals surface area contributed by atoms with Gasteiger partial charge in [-0.3, -0.25) is 9.59 Å². The second-order valence-electron chi connectivity index (χ2n) is 11.3. The van der Waals surface area contributed by atoms with Crippen LogP contribution in [0.1, 0.15) is 76.9 Å². The number of fused-ring (bicyclic) bond motifs is 1. The van der Waals surface area contributed by atoms with Crippen LogP contribution in [0, 0.1) is 24.2 Å². The summed E-state index contributed by atoms with van der Waals surface area (Å²) in [5, 5.41) is 24.5. The molecular formula is C28H40FNO6S. The molecule has 0 aliphatic carbocycles. The molecule has 7 nitrogen and oxygen atoms in total. The summed E-state index contributed by atoms with van der Waals surface area (Å²) in [5.41, 5.74) is -1.39. The number of esters is 1. The van der Waals surface area contributed by atoms with Crippen molar-refractivity contribution < 1.29 is 33.7 Å². The summed E-state index contributed by atoms with van der Waals surface area (Å²) in [4.78, 5) is 30.6. The molecule has 2 fully saturated rings. The minimum Gasteiger partial charge on any atom is -0.455 e. The quantitative estimate of drug-likeness (QED) is 0.318. The molecule has 0 aromatic carbocycles. The van der Waals surface area contributed by atoms with Crippen LogP contribution in [0.25, 0.3) is 6.08 Å². The first-order valence-electron chi connectivity index (χ1n) is 13.0. The van der Waals surface area contributed by atoms with E-state index in [1.54, 1.807) is 25.3 Å². The molecular weight excluding hydrogens is 497 g/mol. The molecule has 1 aromatic rings. The van der Waals surface area contributed by atoms with Gasteiger partial charge in [0.15, 0.2) is 6.10 Å². The van der Waals surface area contributed by atoms with Crippen molar-refractivity contribution in [2.75, 3.05) is 0 Å². The number of carbonyl (C=O) groups excluding carboxylic acids is 2. The summed E-state index contributed by atoms with van der Waals surface area (Å²) in [5.74, 6) is -2.75. The minimum absolute atomic E-state index is 0.131. The standard InChI is InChI=1S/C28H40FNO6S/c1-7-9-19-25(33)16(2)10-8-11-28(6)23(36-28)13-21(20(29)12-18-15-37-17(3)30-18)35-24(32)14-22(31)27(4,5)26(19)34/h7,12,15-16,19,21-23,25,31,33H,1,8-11,13-14H2,2-6H3/b20-12-/t16-,19-,21+,22-,23?,25+,28?/m1/s1. The number of cyclic esters (lactones) is 1. The Bertz CT molecular complexity index is 1020. The second-order valence-corrected chi connectivity index (χ2v) is 12.3. The lowest BCUT2D eigenvalue weighted by Crippen LogP contribution is -2.46. The van der Waals surface area contributed by atoms with Gasteiger partial charge in [-0.15, -0.1) is 17.9 Å². The molecule has 1 aromatic heterocycles. The third kappa shape index (κ3) is 7.13. The first kappa shape index (κ1) is 29.6. The third-order valence-corrected chi connectivity index (χ3v) is 8.67. The molecule has 2 aliphatic rings. The van der Waals surface area contributed by atoms with Crippen molar-refractivity contribution in [2.45, 2.75) is 103 Å². The predicted molar refractivity (Wildman–Crippen MR) is 140 cm³/mol. The summed E-state index contributed by atoms with van der Waals surface area (Å²) in [6, 6.07) is 0. The third-order valence-electron chi connectivity index (χ3n) is 7.88. The minimum atomic E-state index is -1.38. The molecule has 2 unspecified atom stereocenters. The Morgan fingerprint density at radius 2 is 2.03 bits per heavy atom. The molecule has 2 saturated heterocycles. The highest BCUT2D eigenvalue weighted by atomic mass is 32.1. The molecule has 2 aliphatic heterocycles. The molecule has 9 heteroatoms. The van der Waals surface area contributed by atoms with Gasteiger partial charge in [0.1, 0.15) is 11.6 Å². The maximum atomic E-state index is 15.3. The average molecular weight is 538 g/mol. The average Bonchev–Trinajstić information content (AvgIpc) is 3.27. The number of epoxide rings is 1. The lowest BCUT2D eigenvalue weighted by atomic mass is 9.71. The van der Waals surface area contributed by atoms with E-state index in [2.05, 4.69) is 11.6 Å². The summed E-state index contributed by atoms with van der Waals surface area (Å²) in [6.07, 6.45) is 1.04. The summed E-state index contributed by atoms with van der Waals surface area (Å²) < 4.78 is 26.8. The maximum absolute atomic E-state index is 15.3. The van der Waals surface area contributed by atoms with Crippen molar-refractivity contribution >= 4 is 29.2 Å². The van der Waals surface area contributed by atoms with Gasteiger partial charge in [-0.05, 0) is 45.1 Å². The van der Waals surface area contributed by atoms with Crippen molar-refractivity contribution in [3.05, 3.63) is 34.6 Å². The summed E-state index contributed by atoms with van der Waals surface area (Å²) in [6.45, 7) is 12.5. The highest BCUT2D eigenvalue weighted by molar-refractivity contribution is 7.09. The first-order valence-corrected chi connectivity index (χ1v) is 13.8. The Morgan fingerprint density at radius 3 is 2.65 bits per heavy atom. The highest BCUT2D eigenvalue weighted by Crippen LogP contribution is 2.45. The van der Waals surface area contributed by atoms with E-state index < -0.39 is 53.5 Å². The van der Waals surface area contributed by atoms with E-state index in [0.717, 1.165) is 11.4 Å². The van der Waals surface area contributed by atoms with E-state index in [-0.39, 0.29) is 30.6 Å². The normalized spacial score (nSPS) is 35.9. The van der Waals surface area contributed by atoms with Crippen molar-refractivity contribution in [3.8, 4) is 0 Å². The van der Waals surface area contributed by atoms with Crippen LogP contribution in [-0.2, 0) is 19.1 Å². The number of Topliss-reactive ketones (excluding diaryl/α,β-unsaturated/α-hetero) is 1. The molecule has 37 heavy (non-hydrogen) atoms. The van der Waals surface area contributed by atoms with Crippen LogP contribution >= 0.6 is 11.3 Å². The van der Waals surface area contributed by atoms with E-state index in [1.807, 2.05) is 20.8 Å². The van der Waals surface area contributed by atoms with Gasteiger partial charge in [0.25, 0.3) is 0 Å². The van der Waals surface area contributed by atoms with Gasteiger partial charge >= 0.3 is 5.97 Å². The molecule has 0 spiro atoms. The van der Waals surface area contributed by atoms with Crippen LogP contribution in [-0.4, -0.2) is 57.0 Å². The number of allylic oxidation sites excluding steroid dienone is 1. The number of hydrogen-bond donors (Lipinski definition) is 2. The van der Waals surface area contributed by atoms with Gasteiger partial charge in [-0.1, -0.05) is 33.3 Å². The van der Waals surface area contributed by atoms with Crippen LogP contribution in [0.2, 0.25) is 0 Å². The van der Waals surface area contributed by atoms with E-state index in [1.165, 1.54) is 17.4 Å². The van der Waals surface area contributed by atoms with Crippen molar-refractivity contribution in [2.24, 2.45) is 17.3 Å². The van der Waals surface area contributed by atoms with Crippen LogP contribution in [0.3, 0.4) is 0 Å². The maximum Gasteiger partial charge on any atom is 0.309 e. The number of rotatable bonds is 4. The molecule has 0 amide bonds. The number of hydrogen-bond acceptors (Lipinski definition) is 8. The fraction of sp³-hybridized carbons (Fsp3) is 0.679. The van der Waals surface area contributed by atoms with Crippen LogP contribution in [0.15, 0.2) is 23.9 Å². The van der Waals surface area contributed by atoms with E-state index >= 15 is 4.39 Å². The highest BCUT2D eigenvalue weighted by Gasteiger charge is 2.53. The number of aromatic nitrogens is 1. The molecule has 2 N–H and O–H groups in total. The second kappa shape index (κ2) is 11.8. The van der Waals surface area contributed by atoms with Gasteiger partial charge < -0.3 is 19.7 Å². The lowest BCUT2D eigenvalue weighted by molar-refractivity contribution is -0.155. The smallest absolute Gasteiger partial charge is 0.309 e. The SMILES string of the molecule is C=CC[C@H]1C(=O)C(C)(C)[C@H](O)CC(=O)O[C@H](/C(F)=C/c2csc(C)n2)CC2OC2(C)CCC[C@@H](C)[C@@H]1O. The molecule has 206 valence electrons. The number of carbonyl (C=O) groups is 2. The van der Waals surface area contributed by atoms with Crippen molar-refractivity contribution in [3.63, 3.8) is 0 Å². The largest absolute Gasteiger partial charge is 0.455 e. The van der Waals surface area contributed by atoms with Gasteiger partial charge in [0, 0.05) is 17.7 Å². The number of nitrogens with zero attached hydrogens (tertiary/aromatic N) is 1. The number of thiazole rings is 1. The van der Waals surface area contributed by atoms with Gasteiger partial charge in [-0.2, -0.15) is 0 Å². The molecule has 3 rings (SSSR count). The fourth-order valence-electron chi connectivity index (χ4n) is 5.09. The van der Waals surface area contributed by atoms with Crippen molar-refractivity contribution in [1.29, 1.82) is 0 Å². The Balaban J connectivity index is 1.88. The van der Waals surface area contributed by atoms with E-state index in [4.69, 9.17) is 9.47 Å². The molecule has 0 bridgehead atoms. The number of halogens is 1. The predicted octanol–water partition coefficient (Wildman–Crippen LogP) is 4.94. The molecule has 3 heterocycles. The first-order chi connectivity index (χ1) is 17.3. The van der Waals surface area contributed by atoms with Crippen LogP contribution < -0.4 is 0 Å². The van der Waals surface area contributed by atoms with Crippen LogP contribution in [0.4, 0.5) is 4.39 Å². The van der Waals surface area contributed by atoms with Crippen molar-refractivity contribution in [1.82, 2.24) is 4.98 Å². The number of ether oxygens (including phenoxy) is 2. The molecule has 0 radical (unpaired) electrons. The summed E-state index contributed by atoms with van der Waals surface area (Å²) >= 11 is 1.39. The fourth-order valence-corrected chi connectivity index (χ4v) is 5.66. The van der Waals surface area contributed by atoms with Gasteiger partial charge in [0.2, 0.25) is 0 Å². The van der Waals surface area contributed by atoms with E-state index in [9.17, 15) is 19.8 Å². The number of aliphatic hydroxyl groups is 2. The zero-order chi connectivity index (χ0) is 27.5. The summed E-state index contributed by atoms with van der Waals surface area (Å²) in [7, 11) is 0. The Morgan fingerprint density at radius 1 is 1.32 bits per heavy atom. The molecule has 0 saturated carbocycles. The Labute approximate surface area is 222 Å². The lowest BCUT2D eigenvalue weighted by Gasteiger charge is -2.35. The molecule has 7 atom stereocenters. The zero-order valence-electron chi connectivity index (χ0n) is 22.4. The number of aliphatic hydroxyl groups excluding tert-OH is 2. The van der Waals surface area contributed by atoms with Gasteiger partial charge in [0.05, 0.1) is 46.5 Å².